The second-order valence-corrected chi connectivity index (χ2v) is 9.38. The van der Waals surface area contributed by atoms with Crippen molar-refractivity contribution in [3.63, 3.8) is 0 Å². The lowest BCUT2D eigenvalue weighted by molar-refractivity contribution is 0.0697. The summed E-state index contributed by atoms with van der Waals surface area (Å²) in [5.41, 5.74) is 3.50. The maximum absolute atomic E-state index is 11.2. The van der Waals surface area contributed by atoms with E-state index in [0.29, 0.717) is 26.9 Å². The number of hydrogen-bond donors (Lipinski definition) is 3. The molecule has 0 aliphatic carbocycles. The molecule has 0 aliphatic rings. The molecular weight excluding hydrogens is 497 g/mol. The molecule has 0 aliphatic heterocycles. The van der Waals surface area contributed by atoms with Gasteiger partial charge in [-0.1, -0.05) is 73.5 Å². The number of ether oxygens (including phenoxy) is 1. The maximum atomic E-state index is 11.2. The lowest BCUT2D eigenvalue weighted by Gasteiger charge is -2.18. The Morgan fingerprint density at radius 3 is 2.36 bits per heavy atom. The van der Waals surface area contributed by atoms with Crippen LogP contribution in [0.25, 0.3) is 12.2 Å². The van der Waals surface area contributed by atoms with Gasteiger partial charge in [-0.05, 0) is 60.0 Å². The minimum absolute atomic E-state index is 0.0407. The summed E-state index contributed by atoms with van der Waals surface area (Å²) < 4.78 is 5.93. The van der Waals surface area contributed by atoms with Gasteiger partial charge in [0.05, 0.1) is 26.9 Å². The van der Waals surface area contributed by atoms with Crippen LogP contribution in [-0.4, -0.2) is 28.5 Å². The standard InChI is InChI=1S/C29H27Cl2NO4/c1-17(2)28(33)23(27(32)26-18(3)6-4-9-24(26)30)16-36-22-13-12-20(25(31)15-22)11-10-19-7-5-8-21(14-19)29(34)35/h4-15,17,32-33H,16H2,1-3H3,(H,34,35)/b11-10+,28-23-,32-27?. The van der Waals surface area contributed by atoms with Crippen molar-refractivity contribution in [3.05, 3.63) is 110 Å². The first-order valence-electron chi connectivity index (χ1n) is 11.3. The summed E-state index contributed by atoms with van der Waals surface area (Å²) in [7, 11) is 0. The SMILES string of the molecule is Cc1cccc(Cl)c1C(=N)/C(COc1ccc(/C=C/c2cccc(C(=O)O)c2)c(Cl)c1)=C(\O)C(C)C. The fourth-order valence-electron chi connectivity index (χ4n) is 3.57. The minimum Gasteiger partial charge on any atom is -0.512 e. The van der Waals surface area contributed by atoms with E-state index in [1.807, 2.05) is 32.9 Å². The zero-order valence-electron chi connectivity index (χ0n) is 20.2. The molecule has 0 unspecified atom stereocenters. The van der Waals surface area contributed by atoms with E-state index in [4.69, 9.17) is 38.5 Å². The number of hydrogen-bond acceptors (Lipinski definition) is 4. The number of carbonyl (C=O) groups is 1. The van der Waals surface area contributed by atoms with E-state index in [2.05, 4.69) is 0 Å². The average molecular weight is 524 g/mol. The van der Waals surface area contributed by atoms with E-state index in [9.17, 15) is 9.90 Å². The molecule has 3 N–H and O–H groups in total. The van der Waals surface area contributed by atoms with Crippen molar-refractivity contribution in [1.29, 1.82) is 5.41 Å². The van der Waals surface area contributed by atoms with E-state index >= 15 is 0 Å². The largest absolute Gasteiger partial charge is 0.512 e. The van der Waals surface area contributed by atoms with E-state index in [1.54, 1.807) is 54.6 Å². The van der Waals surface area contributed by atoms with Crippen LogP contribution in [0.4, 0.5) is 0 Å². The third kappa shape index (κ3) is 6.56. The van der Waals surface area contributed by atoms with Crippen molar-refractivity contribution >= 4 is 47.0 Å². The number of halogens is 2. The first-order chi connectivity index (χ1) is 17.1. The highest BCUT2D eigenvalue weighted by Gasteiger charge is 2.20. The summed E-state index contributed by atoms with van der Waals surface area (Å²) >= 11 is 12.8. The lowest BCUT2D eigenvalue weighted by atomic mass is 9.95. The van der Waals surface area contributed by atoms with Crippen molar-refractivity contribution < 1.29 is 19.7 Å². The molecule has 0 radical (unpaired) electrons. The second kappa shape index (κ2) is 11.9. The van der Waals surface area contributed by atoms with Gasteiger partial charge in [0.1, 0.15) is 18.1 Å². The van der Waals surface area contributed by atoms with Gasteiger partial charge >= 0.3 is 5.97 Å². The molecule has 0 saturated heterocycles. The smallest absolute Gasteiger partial charge is 0.335 e. The van der Waals surface area contributed by atoms with Crippen molar-refractivity contribution in [3.8, 4) is 5.75 Å². The van der Waals surface area contributed by atoms with Crippen molar-refractivity contribution in [2.45, 2.75) is 20.8 Å². The molecule has 5 nitrogen and oxygen atoms in total. The van der Waals surface area contributed by atoms with Crippen LogP contribution in [0.15, 0.2) is 72.0 Å². The fourth-order valence-corrected chi connectivity index (χ4v) is 4.12. The van der Waals surface area contributed by atoms with E-state index in [1.165, 1.54) is 6.07 Å². The van der Waals surface area contributed by atoms with Crippen molar-refractivity contribution in [2.75, 3.05) is 6.61 Å². The van der Waals surface area contributed by atoms with E-state index in [0.717, 1.165) is 16.7 Å². The van der Waals surface area contributed by atoms with Crippen molar-refractivity contribution in [2.24, 2.45) is 5.92 Å². The summed E-state index contributed by atoms with van der Waals surface area (Å²) in [6.45, 7) is 5.50. The number of carboxylic acid groups (broad SMARTS) is 1. The number of benzene rings is 3. The molecule has 0 fully saturated rings. The van der Waals surface area contributed by atoms with E-state index in [-0.39, 0.29) is 29.6 Å². The van der Waals surface area contributed by atoms with Gasteiger partial charge in [0.2, 0.25) is 0 Å². The van der Waals surface area contributed by atoms with Gasteiger partial charge in [0.15, 0.2) is 0 Å². The Labute approximate surface area is 220 Å². The van der Waals surface area contributed by atoms with Crippen LogP contribution >= 0.6 is 23.2 Å². The third-order valence-electron chi connectivity index (χ3n) is 5.57. The molecule has 0 amide bonds. The number of rotatable bonds is 9. The van der Waals surface area contributed by atoms with Gasteiger partial charge in [0, 0.05) is 11.5 Å². The quantitative estimate of drug-likeness (QED) is 0.150. The Morgan fingerprint density at radius 1 is 1.00 bits per heavy atom. The number of allylic oxidation sites excluding steroid dienone is 1. The van der Waals surface area contributed by atoms with Crippen LogP contribution in [0.2, 0.25) is 10.0 Å². The van der Waals surface area contributed by atoms with Gasteiger partial charge in [-0.2, -0.15) is 0 Å². The molecule has 0 heterocycles. The van der Waals surface area contributed by atoms with Crippen LogP contribution in [0.1, 0.15) is 46.5 Å². The number of aromatic carboxylic acids is 1. The maximum Gasteiger partial charge on any atom is 0.335 e. The highest BCUT2D eigenvalue weighted by molar-refractivity contribution is 6.35. The predicted octanol–water partition coefficient (Wildman–Crippen LogP) is 8.09. The average Bonchev–Trinajstić information content (AvgIpc) is 2.83. The highest BCUT2D eigenvalue weighted by Crippen LogP contribution is 2.28. The molecule has 3 rings (SSSR count). The van der Waals surface area contributed by atoms with Crippen molar-refractivity contribution in [1.82, 2.24) is 0 Å². The monoisotopic (exact) mass is 523 g/mol. The Morgan fingerprint density at radius 2 is 1.72 bits per heavy atom. The summed E-state index contributed by atoms with van der Waals surface area (Å²) in [5.74, 6) is -0.654. The van der Waals surface area contributed by atoms with Gasteiger partial charge in [0.25, 0.3) is 0 Å². The first kappa shape index (κ1) is 27.1. The van der Waals surface area contributed by atoms with Crippen LogP contribution in [0, 0.1) is 18.3 Å². The summed E-state index contributed by atoms with van der Waals surface area (Å²) in [6, 6.07) is 17.2. The summed E-state index contributed by atoms with van der Waals surface area (Å²) in [5, 5.41) is 29.5. The second-order valence-electron chi connectivity index (χ2n) is 8.56. The molecule has 0 saturated carbocycles. The Balaban J connectivity index is 1.81. The summed E-state index contributed by atoms with van der Waals surface area (Å²) in [4.78, 5) is 11.2. The van der Waals surface area contributed by atoms with Crippen LogP contribution in [-0.2, 0) is 0 Å². The zero-order chi connectivity index (χ0) is 26.4. The molecule has 0 spiro atoms. The number of nitrogens with one attached hydrogen (secondary N) is 1. The normalized spacial score (nSPS) is 12.1. The molecule has 0 aromatic heterocycles. The van der Waals surface area contributed by atoms with Crippen LogP contribution in [0.3, 0.4) is 0 Å². The Bertz CT molecular complexity index is 1340. The first-order valence-corrected chi connectivity index (χ1v) is 12.0. The molecule has 3 aromatic carbocycles. The van der Waals surface area contributed by atoms with Gasteiger partial charge in [-0.15, -0.1) is 0 Å². The molecule has 36 heavy (non-hydrogen) atoms. The molecule has 186 valence electrons. The topological polar surface area (TPSA) is 90.6 Å². The number of carboxylic acids is 1. The van der Waals surface area contributed by atoms with Gasteiger partial charge < -0.3 is 14.9 Å². The van der Waals surface area contributed by atoms with Gasteiger partial charge in [-0.25, -0.2) is 4.79 Å². The van der Waals surface area contributed by atoms with Gasteiger partial charge in [-0.3, -0.25) is 5.41 Å². The molecular formula is C29H27Cl2NO4. The lowest BCUT2D eigenvalue weighted by Crippen LogP contribution is -2.17. The number of aliphatic hydroxyl groups excluding tert-OH is 1. The molecule has 0 atom stereocenters. The zero-order valence-corrected chi connectivity index (χ0v) is 21.7. The molecule has 3 aromatic rings. The fraction of sp³-hybridized carbons (Fsp3) is 0.172. The number of aliphatic hydroxyl groups is 1. The Kier molecular flexibility index (Phi) is 8.97. The Hall–Kier alpha value is -3.54. The number of aryl methyl sites for hydroxylation is 1. The highest BCUT2D eigenvalue weighted by atomic mass is 35.5. The summed E-state index contributed by atoms with van der Waals surface area (Å²) in [6.07, 6.45) is 3.57. The molecule has 0 bridgehead atoms. The minimum atomic E-state index is -0.987. The van der Waals surface area contributed by atoms with E-state index < -0.39 is 5.97 Å². The molecule has 7 heteroatoms. The third-order valence-corrected chi connectivity index (χ3v) is 6.22. The van der Waals surface area contributed by atoms with Crippen LogP contribution < -0.4 is 4.74 Å². The predicted molar refractivity (Wildman–Crippen MR) is 147 cm³/mol. The van der Waals surface area contributed by atoms with Crippen LogP contribution in [0.5, 0.6) is 5.75 Å².